The van der Waals surface area contributed by atoms with Crippen LogP contribution in [-0.2, 0) is 9.53 Å². The van der Waals surface area contributed by atoms with Crippen molar-refractivity contribution in [2.45, 2.75) is 40.0 Å². The van der Waals surface area contributed by atoms with Crippen molar-refractivity contribution in [2.75, 3.05) is 11.9 Å². The molecule has 23 heavy (non-hydrogen) atoms. The van der Waals surface area contributed by atoms with Crippen LogP contribution >= 0.6 is 11.3 Å². The number of rotatable bonds is 7. The Kier molecular flexibility index (Phi) is 6.10. The van der Waals surface area contributed by atoms with Gasteiger partial charge in [0.15, 0.2) is 5.13 Å². The Morgan fingerprint density at radius 2 is 2.13 bits per heavy atom. The molecule has 124 valence electrons. The van der Waals surface area contributed by atoms with Crippen LogP contribution in [0.2, 0.25) is 0 Å². The zero-order valence-corrected chi connectivity index (χ0v) is 14.5. The molecule has 2 aromatic rings. The second-order valence-electron chi connectivity index (χ2n) is 5.84. The Morgan fingerprint density at radius 3 is 2.83 bits per heavy atom. The molecule has 0 aliphatic rings. The number of esters is 1. The molecule has 1 heterocycles. The number of nitrogens with zero attached hydrogens (tertiary/aromatic N) is 1. The predicted molar refractivity (Wildman–Crippen MR) is 92.9 cm³/mol. The Hall–Kier alpha value is -1.95. The zero-order chi connectivity index (χ0) is 16.8. The topological polar surface area (TPSA) is 68.3 Å². The summed E-state index contributed by atoms with van der Waals surface area (Å²) in [6.07, 6.45) is 2.31. The van der Waals surface area contributed by atoms with Crippen molar-refractivity contribution < 1.29 is 14.3 Å². The third-order valence-electron chi connectivity index (χ3n) is 3.20. The summed E-state index contributed by atoms with van der Waals surface area (Å²) in [7, 11) is 0. The van der Waals surface area contributed by atoms with E-state index < -0.39 is 0 Å². The van der Waals surface area contributed by atoms with Gasteiger partial charge in [-0.25, -0.2) is 9.78 Å². The molecular weight excluding hydrogens is 312 g/mol. The lowest BCUT2D eigenvalue weighted by atomic mass is 10.1. The normalized spacial score (nSPS) is 11.0. The summed E-state index contributed by atoms with van der Waals surface area (Å²) >= 11 is 1.36. The van der Waals surface area contributed by atoms with E-state index in [0.29, 0.717) is 29.6 Å². The van der Waals surface area contributed by atoms with E-state index in [4.69, 9.17) is 4.74 Å². The number of benzene rings is 1. The highest BCUT2D eigenvalue weighted by Crippen LogP contribution is 2.27. The summed E-state index contributed by atoms with van der Waals surface area (Å²) in [4.78, 5) is 28.1. The maximum atomic E-state index is 12.0. The number of fused-ring (bicyclic) bond motifs is 1. The fourth-order valence-corrected chi connectivity index (χ4v) is 2.96. The van der Waals surface area contributed by atoms with Gasteiger partial charge in [-0.2, -0.15) is 0 Å². The second-order valence-corrected chi connectivity index (χ2v) is 6.87. The van der Waals surface area contributed by atoms with Gasteiger partial charge in [-0.3, -0.25) is 4.79 Å². The number of carbonyl (C=O) groups is 2. The molecule has 0 unspecified atom stereocenters. The van der Waals surface area contributed by atoms with Crippen molar-refractivity contribution in [1.29, 1.82) is 0 Å². The molecule has 1 aromatic carbocycles. The van der Waals surface area contributed by atoms with Crippen LogP contribution in [0.3, 0.4) is 0 Å². The van der Waals surface area contributed by atoms with Crippen molar-refractivity contribution in [3.05, 3.63) is 23.8 Å². The van der Waals surface area contributed by atoms with Crippen molar-refractivity contribution in [3.8, 4) is 0 Å². The molecule has 2 rings (SSSR count). The molecule has 1 aromatic heterocycles. The Morgan fingerprint density at radius 1 is 1.35 bits per heavy atom. The third kappa shape index (κ3) is 5.03. The molecule has 0 atom stereocenters. The fraction of sp³-hybridized carbons (Fsp3) is 0.471. The van der Waals surface area contributed by atoms with Crippen LogP contribution in [0.4, 0.5) is 5.13 Å². The summed E-state index contributed by atoms with van der Waals surface area (Å²) in [5.74, 6) is -0.0636. The molecule has 0 saturated carbocycles. The van der Waals surface area contributed by atoms with Crippen molar-refractivity contribution in [2.24, 2.45) is 5.92 Å². The number of nitrogens with one attached hydrogen (secondary N) is 1. The molecule has 0 fully saturated rings. The number of amides is 1. The summed E-state index contributed by atoms with van der Waals surface area (Å²) in [5, 5.41) is 3.36. The van der Waals surface area contributed by atoms with Gasteiger partial charge in [0, 0.05) is 6.42 Å². The number of ether oxygens (including phenoxy) is 1. The molecule has 0 aliphatic heterocycles. The number of hydrogen-bond acceptors (Lipinski definition) is 5. The Labute approximate surface area is 140 Å². The Balaban J connectivity index is 2.08. The summed E-state index contributed by atoms with van der Waals surface area (Å²) in [6, 6.07) is 5.25. The maximum Gasteiger partial charge on any atom is 0.338 e. The molecule has 0 spiro atoms. The fourth-order valence-electron chi connectivity index (χ4n) is 2.04. The average molecular weight is 334 g/mol. The van der Waals surface area contributed by atoms with E-state index in [-0.39, 0.29) is 11.9 Å². The minimum Gasteiger partial charge on any atom is -0.462 e. The first-order valence-corrected chi connectivity index (χ1v) is 8.68. The van der Waals surface area contributed by atoms with Gasteiger partial charge in [-0.15, -0.1) is 0 Å². The largest absolute Gasteiger partial charge is 0.462 e. The molecule has 6 heteroatoms. The molecule has 1 N–H and O–H groups in total. The molecule has 0 bridgehead atoms. The highest BCUT2D eigenvalue weighted by molar-refractivity contribution is 7.22. The summed E-state index contributed by atoms with van der Waals surface area (Å²) in [6.45, 7) is 6.47. The molecular formula is C17H22N2O3S. The van der Waals surface area contributed by atoms with Gasteiger partial charge < -0.3 is 10.1 Å². The van der Waals surface area contributed by atoms with Gasteiger partial charge in [0.2, 0.25) is 5.91 Å². The summed E-state index contributed by atoms with van der Waals surface area (Å²) < 4.78 is 6.06. The second kappa shape index (κ2) is 8.06. The highest BCUT2D eigenvalue weighted by atomic mass is 32.1. The number of aromatic nitrogens is 1. The molecule has 1 amide bonds. The van der Waals surface area contributed by atoms with Gasteiger partial charge in [0.1, 0.15) is 0 Å². The first-order chi connectivity index (χ1) is 11.0. The van der Waals surface area contributed by atoms with Crippen LogP contribution in [0, 0.1) is 5.92 Å². The van der Waals surface area contributed by atoms with Gasteiger partial charge >= 0.3 is 5.97 Å². The third-order valence-corrected chi connectivity index (χ3v) is 4.13. The SMILES string of the molecule is CCCCOC(=O)c1ccc2nc(NC(=O)CC(C)C)sc2c1. The van der Waals surface area contributed by atoms with E-state index in [1.165, 1.54) is 11.3 Å². The van der Waals surface area contributed by atoms with E-state index in [9.17, 15) is 9.59 Å². The van der Waals surface area contributed by atoms with E-state index in [0.717, 1.165) is 23.1 Å². The van der Waals surface area contributed by atoms with Crippen molar-refractivity contribution in [1.82, 2.24) is 4.98 Å². The van der Waals surface area contributed by atoms with Gasteiger partial charge in [-0.05, 0) is 30.5 Å². The van der Waals surface area contributed by atoms with E-state index in [2.05, 4.69) is 10.3 Å². The maximum absolute atomic E-state index is 12.0. The quantitative estimate of drug-likeness (QED) is 0.607. The van der Waals surface area contributed by atoms with Crippen LogP contribution in [-0.4, -0.2) is 23.5 Å². The summed E-state index contributed by atoms with van der Waals surface area (Å²) in [5.41, 5.74) is 1.28. The van der Waals surface area contributed by atoms with Crippen LogP contribution in [0.5, 0.6) is 0 Å². The van der Waals surface area contributed by atoms with Gasteiger partial charge in [0.25, 0.3) is 0 Å². The first-order valence-electron chi connectivity index (χ1n) is 7.87. The van der Waals surface area contributed by atoms with Crippen LogP contribution in [0.25, 0.3) is 10.2 Å². The Bertz CT molecular complexity index is 694. The zero-order valence-electron chi connectivity index (χ0n) is 13.7. The minimum atomic E-state index is -0.320. The van der Waals surface area contributed by atoms with Crippen molar-refractivity contribution in [3.63, 3.8) is 0 Å². The molecule has 0 aliphatic carbocycles. The van der Waals surface area contributed by atoms with Crippen LogP contribution < -0.4 is 5.32 Å². The lowest BCUT2D eigenvalue weighted by molar-refractivity contribution is -0.116. The van der Waals surface area contributed by atoms with Gasteiger partial charge in [-0.1, -0.05) is 38.5 Å². The molecule has 0 radical (unpaired) electrons. The van der Waals surface area contributed by atoms with E-state index in [1.807, 2.05) is 20.8 Å². The monoisotopic (exact) mass is 334 g/mol. The van der Waals surface area contributed by atoms with E-state index >= 15 is 0 Å². The predicted octanol–water partition coefficient (Wildman–Crippen LogP) is 4.24. The molecule has 0 saturated heterocycles. The smallest absolute Gasteiger partial charge is 0.338 e. The number of hydrogen-bond donors (Lipinski definition) is 1. The lowest BCUT2D eigenvalue weighted by Crippen LogP contribution is -2.13. The number of carbonyl (C=O) groups excluding carboxylic acids is 2. The number of thiazole rings is 1. The van der Waals surface area contributed by atoms with Crippen molar-refractivity contribution >= 4 is 38.6 Å². The molecule has 5 nitrogen and oxygen atoms in total. The van der Waals surface area contributed by atoms with Crippen LogP contribution in [0.15, 0.2) is 18.2 Å². The first kappa shape index (κ1) is 17.4. The lowest BCUT2D eigenvalue weighted by Gasteiger charge is -2.03. The number of unbranched alkanes of at least 4 members (excludes halogenated alkanes) is 1. The standard InChI is InChI=1S/C17H22N2O3S/c1-4-5-8-22-16(21)12-6-7-13-14(10-12)23-17(18-13)19-15(20)9-11(2)3/h6-7,10-11H,4-5,8-9H2,1-3H3,(H,18,19,20). The highest BCUT2D eigenvalue weighted by Gasteiger charge is 2.12. The number of anilines is 1. The minimum absolute atomic E-state index is 0.0433. The average Bonchev–Trinajstić information content (AvgIpc) is 2.87. The van der Waals surface area contributed by atoms with Gasteiger partial charge in [0.05, 0.1) is 22.4 Å². The van der Waals surface area contributed by atoms with Crippen LogP contribution in [0.1, 0.15) is 50.4 Å². The van der Waals surface area contributed by atoms with E-state index in [1.54, 1.807) is 18.2 Å².